The van der Waals surface area contributed by atoms with Gasteiger partial charge in [0.15, 0.2) is 0 Å². The number of hydrogen-bond acceptors (Lipinski definition) is 3. The van der Waals surface area contributed by atoms with E-state index in [1.165, 1.54) is 18.4 Å². The predicted octanol–water partition coefficient (Wildman–Crippen LogP) is 3.04. The minimum absolute atomic E-state index is 0.161. The molecule has 3 nitrogen and oxygen atoms in total. The SMILES string of the molecule is CN1CCC(N(C)CC(O)c2ccc(C(C)(C)C)cc2)CC1. The van der Waals surface area contributed by atoms with Crippen molar-refractivity contribution in [1.29, 1.82) is 0 Å². The number of rotatable bonds is 4. The minimum atomic E-state index is -0.404. The third kappa shape index (κ3) is 4.55. The lowest BCUT2D eigenvalue weighted by Crippen LogP contribution is -2.43. The van der Waals surface area contributed by atoms with E-state index in [4.69, 9.17) is 0 Å². The molecule has 0 amide bonds. The second kappa shape index (κ2) is 7.12. The van der Waals surface area contributed by atoms with Gasteiger partial charge in [-0.3, -0.25) is 0 Å². The number of benzene rings is 1. The maximum Gasteiger partial charge on any atom is 0.0916 e. The molecule has 1 saturated heterocycles. The average molecular weight is 304 g/mol. The molecular weight excluding hydrogens is 272 g/mol. The number of nitrogens with zero attached hydrogens (tertiary/aromatic N) is 2. The van der Waals surface area contributed by atoms with E-state index in [-0.39, 0.29) is 5.41 Å². The lowest BCUT2D eigenvalue weighted by Gasteiger charge is -2.36. The monoisotopic (exact) mass is 304 g/mol. The molecule has 0 bridgehead atoms. The first kappa shape index (κ1) is 17.5. The molecule has 0 aromatic heterocycles. The Morgan fingerprint density at radius 1 is 1.18 bits per heavy atom. The van der Waals surface area contributed by atoms with Gasteiger partial charge in [0.25, 0.3) is 0 Å². The van der Waals surface area contributed by atoms with Crippen LogP contribution in [-0.4, -0.2) is 54.7 Å². The zero-order valence-electron chi connectivity index (χ0n) is 14.8. The summed E-state index contributed by atoms with van der Waals surface area (Å²) >= 11 is 0. The molecule has 1 aromatic rings. The highest BCUT2D eigenvalue weighted by Gasteiger charge is 2.23. The molecule has 0 radical (unpaired) electrons. The fourth-order valence-electron chi connectivity index (χ4n) is 3.17. The van der Waals surface area contributed by atoms with Crippen molar-refractivity contribution in [1.82, 2.24) is 9.80 Å². The molecule has 3 heteroatoms. The number of aliphatic hydroxyl groups excluding tert-OH is 1. The fraction of sp³-hybridized carbons (Fsp3) is 0.684. The summed E-state index contributed by atoms with van der Waals surface area (Å²) in [6, 6.07) is 9.05. The smallest absolute Gasteiger partial charge is 0.0916 e. The molecule has 1 aliphatic heterocycles. The molecule has 1 heterocycles. The van der Waals surface area contributed by atoms with Crippen molar-refractivity contribution < 1.29 is 5.11 Å². The van der Waals surface area contributed by atoms with Gasteiger partial charge in [-0.2, -0.15) is 0 Å². The molecular formula is C19H32N2O. The summed E-state index contributed by atoms with van der Waals surface area (Å²) in [5.74, 6) is 0. The zero-order valence-corrected chi connectivity index (χ0v) is 14.8. The van der Waals surface area contributed by atoms with E-state index in [0.717, 1.165) is 18.7 Å². The van der Waals surface area contributed by atoms with Gasteiger partial charge >= 0.3 is 0 Å². The molecule has 1 aliphatic rings. The quantitative estimate of drug-likeness (QED) is 0.926. The first-order chi connectivity index (χ1) is 10.3. The van der Waals surface area contributed by atoms with Gasteiger partial charge in [-0.25, -0.2) is 0 Å². The van der Waals surface area contributed by atoms with Crippen LogP contribution in [0.4, 0.5) is 0 Å². The van der Waals surface area contributed by atoms with Gasteiger partial charge < -0.3 is 14.9 Å². The molecule has 2 rings (SSSR count). The van der Waals surface area contributed by atoms with Crippen LogP contribution in [0.25, 0.3) is 0 Å². The summed E-state index contributed by atoms with van der Waals surface area (Å²) in [7, 11) is 4.32. The Bertz CT molecular complexity index is 455. The normalized spacial score (nSPS) is 19.6. The molecule has 0 aliphatic carbocycles. The van der Waals surface area contributed by atoms with Gasteiger partial charge in [0, 0.05) is 12.6 Å². The van der Waals surface area contributed by atoms with Crippen molar-refractivity contribution in [2.75, 3.05) is 33.7 Å². The fourth-order valence-corrected chi connectivity index (χ4v) is 3.17. The molecule has 1 N–H and O–H groups in total. The average Bonchev–Trinajstić information content (AvgIpc) is 2.47. The molecule has 124 valence electrons. The number of aliphatic hydroxyl groups is 1. The lowest BCUT2D eigenvalue weighted by atomic mass is 9.86. The van der Waals surface area contributed by atoms with Crippen molar-refractivity contribution in [3.8, 4) is 0 Å². The zero-order chi connectivity index (χ0) is 16.3. The number of hydrogen-bond donors (Lipinski definition) is 1. The van der Waals surface area contributed by atoms with Gasteiger partial charge in [0.05, 0.1) is 6.10 Å². The second-order valence-corrected chi connectivity index (χ2v) is 7.86. The van der Waals surface area contributed by atoms with Crippen LogP contribution in [0, 0.1) is 0 Å². The van der Waals surface area contributed by atoms with Gasteiger partial charge in [0.2, 0.25) is 0 Å². The lowest BCUT2D eigenvalue weighted by molar-refractivity contribution is 0.0788. The third-order valence-corrected chi connectivity index (χ3v) is 4.93. The number of piperidine rings is 1. The Kier molecular flexibility index (Phi) is 5.65. The molecule has 1 fully saturated rings. The van der Waals surface area contributed by atoms with Crippen LogP contribution >= 0.6 is 0 Å². The molecule has 0 spiro atoms. The summed E-state index contributed by atoms with van der Waals surface area (Å²) < 4.78 is 0. The van der Waals surface area contributed by atoms with E-state index >= 15 is 0 Å². The van der Waals surface area contributed by atoms with E-state index in [0.29, 0.717) is 12.6 Å². The van der Waals surface area contributed by atoms with Crippen LogP contribution in [-0.2, 0) is 5.41 Å². The molecule has 1 aromatic carbocycles. The number of likely N-dealkylation sites (tertiary alicyclic amines) is 1. The van der Waals surface area contributed by atoms with Gasteiger partial charge in [-0.1, -0.05) is 45.0 Å². The van der Waals surface area contributed by atoms with Crippen molar-refractivity contribution in [3.63, 3.8) is 0 Å². The van der Waals surface area contributed by atoms with E-state index in [1.54, 1.807) is 0 Å². The molecule has 1 atom stereocenters. The van der Waals surface area contributed by atoms with Crippen LogP contribution in [0.2, 0.25) is 0 Å². The molecule has 0 saturated carbocycles. The van der Waals surface area contributed by atoms with Crippen LogP contribution in [0.15, 0.2) is 24.3 Å². The first-order valence-electron chi connectivity index (χ1n) is 8.44. The van der Waals surface area contributed by atoms with Gasteiger partial charge in [-0.05, 0) is 56.6 Å². The summed E-state index contributed by atoms with van der Waals surface area (Å²) in [6.07, 6.45) is 1.99. The van der Waals surface area contributed by atoms with Gasteiger partial charge in [-0.15, -0.1) is 0 Å². The van der Waals surface area contributed by atoms with Crippen molar-refractivity contribution in [3.05, 3.63) is 35.4 Å². The highest BCUT2D eigenvalue weighted by molar-refractivity contribution is 5.28. The van der Waals surface area contributed by atoms with Crippen LogP contribution in [0.5, 0.6) is 0 Å². The Labute approximate surface area is 135 Å². The largest absolute Gasteiger partial charge is 0.387 e. The van der Waals surface area contributed by atoms with Crippen molar-refractivity contribution in [2.45, 2.75) is 51.2 Å². The van der Waals surface area contributed by atoms with Crippen LogP contribution in [0.3, 0.4) is 0 Å². The second-order valence-electron chi connectivity index (χ2n) is 7.86. The summed E-state index contributed by atoms with van der Waals surface area (Å²) in [6.45, 7) is 9.67. The first-order valence-corrected chi connectivity index (χ1v) is 8.44. The predicted molar refractivity (Wildman–Crippen MR) is 93.3 cm³/mol. The minimum Gasteiger partial charge on any atom is -0.387 e. The summed E-state index contributed by atoms with van der Waals surface area (Å²) in [4.78, 5) is 4.71. The molecule has 1 unspecified atom stereocenters. The number of likely N-dealkylation sites (N-methyl/N-ethyl adjacent to an activating group) is 1. The topological polar surface area (TPSA) is 26.7 Å². The Morgan fingerprint density at radius 3 is 2.23 bits per heavy atom. The van der Waals surface area contributed by atoms with Crippen molar-refractivity contribution >= 4 is 0 Å². The van der Waals surface area contributed by atoms with Crippen LogP contribution < -0.4 is 0 Å². The summed E-state index contributed by atoms with van der Waals surface area (Å²) in [5, 5.41) is 10.5. The van der Waals surface area contributed by atoms with E-state index in [9.17, 15) is 5.11 Å². The van der Waals surface area contributed by atoms with E-state index < -0.39 is 6.10 Å². The molecule has 22 heavy (non-hydrogen) atoms. The van der Waals surface area contributed by atoms with E-state index in [1.807, 2.05) is 0 Å². The Morgan fingerprint density at radius 2 is 1.73 bits per heavy atom. The third-order valence-electron chi connectivity index (χ3n) is 4.93. The highest BCUT2D eigenvalue weighted by atomic mass is 16.3. The Hall–Kier alpha value is -0.900. The summed E-state index contributed by atoms with van der Waals surface area (Å²) in [5.41, 5.74) is 2.49. The van der Waals surface area contributed by atoms with Crippen molar-refractivity contribution in [2.24, 2.45) is 0 Å². The Balaban J connectivity index is 1.92. The van der Waals surface area contributed by atoms with Crippen LogP contribution in [0.1, 0.15) is 50.8 Å². The van der Waals surface area contributed by atoms with E-state index in [2.05, 4.69) is 68.9 Å². The van der Waals surface area contributed by atoms with Gasteiger partial charge in [0.1, 0.15) is 0 Å². The highest BCUT2D eigenvalue weighted by Crippen LogP contribution is 2.25. The maximum atomic E-state index is 10.5. The maximum absolute atomic E-state index is 10.5. The standard InChI is InChI=1S/C19H32N2O/c1-19(2,3)16-8-6-15(7-9-16)18(22)14-21(5)17-10-12-20(4)13-11-17/h6-9,17-18,22H,10-14H2,1-5H3.